The van der Waals surface area contributed by atoms with E-state index in [0.717, 1.165) is 114 Å². The van der Waals surface area contributed by atoms with E-state index in [-0.39, 0.29) is 38.6 Å². The summed E-state index contributed by atoms with van der Waals surface area (Å²) in [6, 6.07) is 53.2. The summed E-state index contributed by atoms with van der Waals surface area (Å²) in [4.78, 5) is 0. The number of hydrogen-bond acceptors (Lipinski definition) is 10. The fourth-order valence-electron chi connectivity index (χ4n) is 9.65. The van der Waals surface area contributed by atoms with E-state index in [2.05, 4.69) is 100 Å². The lowest BCUT2D eigenvalue weighted by molar-refractivity contribution is 0.0621. The van der Waals surface area contributed by atoms with Gasteiger partial charge < -0.3 is 48.1 Å². The minimum Gasteiger partial charge on any atom is -0.491 e. The number of ether oxygens (including phenoxy) is 8. The molecule has 2 N–H and O–H groups in total. The smallest absolute Gasteiger partial charge is 0.125 e. The molecule has 0 amide bonds. The number of epoxide rings is 2. The van der Waals surface area contributed by atoms with Crippen molar-refractivity contribution < 1.29 is 48.1 Å². The molecule has 4 unspecified atom stereocenters. The Kier molecular flexibility index (Phi) is 18.2. The number of aryl methyl sites for hydroxylation is 8. The third kappa shape index (κ3) is 14.9. The van der Waals surface area contributed by atoms with Gasteiger partial charge in [-0.1, -0.05) is 84.9 Å². The number of aliphatic hydroxyl groups excluding tert-OH is 2. The first-order chi connectivity index (χ1) is 37.7. The average molecular weight is 1050 g/mol. The molecule has 0 spiro atoms. The molecule has 2 aliphatic heterocycles. The zero-order valence-electron chi connectivity index (χ0n) is 46.1. The van der Waals surface area contributed by atoms with Gasteiger partial charge in [-0.15, -0.1) is 0 Å². The highest BCUT2D eigenvalue weighted by molar-refractivity contribution is 5.72. The molecule has 2 saturated heterocycles. The first kappa shape index (κ1) is 55.2. The third-order valence-corrected chi connectivity index (χ3v) is 13.8. The predicted molar refractivity (Wildman–Crippen MR) is 310 cm³/mol. The summed E-state index contributed by atoms with van der Waals surface area (Å²) >= 11 is 0. The molecule has 2 aliphatic rings. The number of rotatable bonds is 22. The van der Waals surface area contributed by atoms with Gasteiger partial charge in [-0.3, -0.25) is 0 Å². The highest BCUT2D eigenvalue weighted by Crippen LogP contribution is 2.37. The maximum Gasteiger partial charge on any atom is 0.125 e. The molecule has 0 bridgehead atoms. The van der Waals surface area contributed by atoms with Gasteiger partial charge >= 0.3 is 0 Å². The molecular weight excluding hydrogens is 977 g/mol. The van der Waals surface area contributed by atoms with Crippen molar-refractivity contribution in [3.05, 3.63) is 202 Å². The van der Waals surface area contributed by atoms with Gasteiger partial charge in [0, 0.05) is 0 Å². The topological polar surface area (TPSA) is 121 Å². The zero-order valence-corrected chi connectivity index (χ0v) is 46.1. The van der Waals surface area contributed by atoms with Crippen LogP contribution in [0.5, 0.6) is 34.5 Å². The van der Waals surface area contributed by atoms with E-state index in [1.165, 1.54) is 11.1 Å². The Hall–Kier alpha value is -7.60. The minimum atomic E-state index is -0.790. The van der Waals surface area contributed by atoms with Gasteiger partial charge in [-0.05, 0) is 217 Å². The van der Waals surface area contributed by atoms with E-state index in [9.17, 15) is 10.2 Å². The van der Waals surface area contributed by atoms with Crippen LogP contribution in [0.2, 0.25) is 0 Å². The summed E-state index contributed by atoms with van der Waals surface area (Å²) in [5.74, 6) is 4.86. The Morgan fingerprint density at radius 1 is 0.333 bits per heavy atom. The number of hydrogen-bond donors (Lipinski definition) is 2. The molecule has 2 fully saturated rings. The molecular formula is C68H72O10. The first-order valence-corrected chi connectivity index (χ1v) is 26.9. The molecule has 404 valence electrons. The highest BCUT2D eigenvalue weighted by Gasteiger charge is 2.25. The van der Waals surface area contributed by atoms with E-state index in [1.54, 1.807) is 0 Å². The summed E-state index contributed by atoms with van der Waals surface area (Å²) in [7, 11) is 0. The molecule has 78 heavy (non-hydrogen) atoms. The molecule has 0 aromatic heterocycles. The molecule has 8 aromatic carbocycles. The molecule has 10 rings (SSSR count). The number of benzene rings is 8. The van der Waals surface area contributed by atoms with E-state index >= 15 is 0 Å². The van der Waals surface area contributed by atoms with Crippen LogP contribution in [0, 0.1) is 55.4 Å². The summed E-state index contributed by atoms with van der Waals surface area (Å²) in [5.41, 5.74) is 17.6. The lowest BCUT2D eigenvalue weighted by Crippen LogP contribution is -2.25. The molecule has 10 nitrogen and oxygen atoms in total. The van der Waals surface area contributed by atoms with Crippen LogP contribution in [-0.2, 0) is 9.47 Å². The summed E-state index contributed by atoms with van der Waals surface area (Å²) < 4.78 is 46.2. The Labute approximate surface area is 460 Å². The van der Waals surface area contributed by atoms with Crippen LogP contribution in [0.15, 0.2) is 158 Å². The molecule has 10 heteroatoms. The van der Waals surface area contributed by atoms with Gasteiger partial charge in [0.05, 0.1) is 13.2 Å². The average Bonchev–Trinajstić information content (AvgIpc) is 4.40. The van der Waals surface area contributed by atoms with Crippen LogP contribution >= 0.6 is 0 Å². The molecule has 0 radical (unpaired) electrons. The standard InChI is InChI=1S/C46H46O6.C22H26O4/c1-31-23-39(24-32(2)45(31)51-29-41(47)27-49-43-19-15-37(16-20-43)35-11-7-5-8-12-35)40-25-33(3)46(34(4)26-40)52-30-42(48)28-50-44-21-17-38(18-22-44)36-13-9-6-10-14-36;1-13-5-17(6-14(2)21(13)25-11-19-9-23-19)18-7-15(3)22(16(4)8-18)26-12-20-10-24-20/h5-26,41-42,47-48H,27-30H2,1-4H3;5-8,19-20H,9-12H2,1-4H3. The summed E-state index contributed by atoms with van der Waals surface area (Å²) in [6.07, 6.45) is -1.04. The van der Waals surface area contributed by atoms with Crippen LogP contribution in [0.1, 0.15) is 44.5 Å². The lowest BCUT2D eigenvalue weighted by Gasteiger charge is -2.19. The first-order valence-electron chi connectivity index (χ1n) is 26.9. The van der Waals surface area contributed by atoms with Crippen LogP contribution in [0.25, 0.3) is 44.5 Å². The van der Waals surface area contributed by atoms with Crippen molar-refractivity contribution in [3.63, 3.8) is 0 Å². The van der Waals surface area contributed by atoms with E-state index < -0.39 is 12.2 Å². The fraction of sp³-hybridized carbons (Fsp3) is 0.294. The lowest BCUT2D eigenvalue weighted by atomic mass is 9.96. The second-order valence-corrected chi connectivity index (χ2v) is 20.6. The second kappa shape index (κ2) is 25.7. The quantitative estimate of drug-likeness (QED) is 0.0635. The summed E-state index contributed by atoms with van der Waals surface area (Å²) in [6.45, 7) is 19.9. The van der Waals surface area contributed by atoms with Crippen molar-refractivity contribution in [1.82, 2.24) is 0 Å². The molecule has 0 aliphatic carbocycles. The molecule has 2 heterocycles. The van der Waals surface area contributed by atoms with Gasteiger partial charge in [-0.25, -0.2) is 0 Å². The molecule has 4 atom stereocenters. The van der Waals surface area contributed by atoms with Crippen molar-refractivity contribution in [2.75, 3.05) is 52.9 Å². The van der Waals surface area contributed by atoms with Crippen molar-refractivity contribution >= 4 is 0 Å². The van der Waals surface area contributed by atoms with Crippen LogP contribution in [0.4, 0.5) is 0 Å². The van der Waals surface area contributed by atoms with Crippen molar-refractivity contribution in [2.24, 2.45) is 0 Å². The van der Waals surface area contributed by atoms with Crippen molar-refractivity contribution in [3.8, 4) is 79.0 Å². The van der Waals surface area contributed by atoms with Crippen molar-refractivity contribution in [2.45, 2.75) is 79.8 Å². The van der Waals surface area contributed by atoms with Crippen LogP contribution in [0.3, 0.4) is 0 Å². The van der Waals surface area contributed by atoms with Gasteiger partial charge in [0.15, 0.2) is 0 Å². The fourth-order valence-corrected chi connectivity index (χ4v) is 9.65. The van der Waals surface area contributed by atoms with Crippen LogP contribution < -0.4 is 28.4 Å². The maximum atomic E-state index is 10.6. The van der Waals surface area contributed by atoms with E-state index in [1.807, 2.05) is 113 Å². The Morgan fingerprint density at radius 3 is 0.846 bits per heavy atom. The normalized spacial score (nSPS) is 15.1. The Balaban J connectivity index is 0.000000236. The molecule has 0 saturated carbocycles. The molecule has 8 aromatic rings. The largest absolute Gasteiger partial charge is 0.491 e. The summed E-state index contributed by atoms with van der Waals surface area (Å²) in [5, 5.41) is 21.3. The second-order valence-electron chi connectivity index (χ2n) is 20.6. The zero-order chi connectivity index (χ0) is 54.7. The van der Waals surface area contributed by atoms with Gasteiger partial charge in [0.25, 0.3) is 0 Å². The third-order valence-electron chi connectivity index (χ3n) is 13.8. The van der Waals surface area contributed by atoms with E-state index in [4.69, 9.17) is 37.9 Å². The highest BCUT2D eigenvalue weighted by atomic mass is 16.6. The van der Waals surface area contributed by atoms with Gasteiger partial charge in [-0.2, -0.15) is 0 Å². The van der Waals surface area contributed by atoms with Crippen molar-refractivity contribution in [1.29, 1.82) is 0 Å². The monoisotopic (exact) mass is 1050 g/mol. The number of aliphatic hydroxyl groups is 2. The maximum absolute atomic E-state index is 10.6. The van der Waals surface area contributed by atoms with Crippen LogP contribution in [-0.4, -0.2) is 87.5 Å². The Bertz CT molecular complexity index is 2940. The SMILES string of the molecule is Cc1cc(-c2cc(C)c(OCC(O)COc3ccc(-c4ccccc4)cc3)c(C)c2)cc(C)c1OCC(O)COc1ccc(-c2ccccc2)cc1.Cc1cc(-c2cc(C)c(OCC3CO3)c(C)c2)cc(C)c1OCC1CO1. The minimum absolute atomic E-state index is 0.116. The van der Waals surface area contributed by atoms with E-state index in [0.29, 0.717) is 24.7 Å². The predicted octanol–water partition coefficient (Wildman–Crippen LogP) is 13.7. The van der Waals surface area contributed by atoms with Gasteiger partial charge in [0.1, 0.15) is 98.6 Å². The Morgan fingerprint density at radius 2 is 0.577 bits per heavy atom. The van der Waals surface area contributed by atoms with Gasteiger partial charge in [0.2, 0.25) is 0 Å².